The van der Waals surface area contributed by atoms with Gasteiger partial charge in [-0.2, -0.15) is 0 Å². The fourth-order valence-electron chi connectivity index (χ4n) is 2.81. The predicted octanol–water partition coefficient (Wildman–Crippen LogP) is 2.97. The summed E-state index contributed by atoms with van der Waals surface area (Å²) in [5.41, 5.74) is 0.0198. The molecule has 0 bridgehead atoms. The van der Waals surface area contributed by atoms with E-state index in [0.29, 0.717) is 16.6 Å². The molecule has 1 aromatic heterocycles. The molecule has 0 atom stereocenters. The van der Waals surface area contributed by atoms with Crippen molar-refractivity contribution in [3.63, 3.8) is 0 Å². The van der Waals surface area contributed by atoms with Crippen LogP contribution < -0.4 is 16.3 Å². The fraction of sp³-hybridized carbons (Fsp3) is 0.182. The van der Waals surface area contributed by atoms with E-state index in [1.54, 1.807) is 19.1 Å². The quantitative estimate of drug-likeness (QED) is 0.426. The van der Waals surface area contributed by atoms with E-state index in [1.807, 2.05) is 0 Å². The highest BCUT2D eigenvalue weighted by Crippen LogP contribution is 2.22. The lowest BCUT2D eigenvalue weighted by Crippen LogP contribution is -2.31. The van der Waals surface area contributed by atoms with E-state index in [2.05, 4.69) is 10.6 Å². The van der Waals surface area contributed by atoms with Gasteiger partial charge in [0.1, 0.15) is 24.6 Å². The smallest absolute Gasteiger partial charge is 0.411 e. The minimum absolute atomic E-state index is 0.172. The van der Waals surface area contributed by atoms with Gasteiger partial charge in [-0.3, -0.25) is 14.9 Å². The molecule has 0 aliphatic heterocycles. The Bertz CT molecular complexity index is 1220. The van der Waals surface area contributed by atoms with Crippen molar-refractivity contribution in [2.75, 3.05) is 18.5 Å². The Morgan fingerprint density at radius 1 is 1.06 bits per heavy atom. The van der Waals surface area contributed by atoms with E-state index in [0.717, 1.165) is 6.07 Å². The Kier molecular flexibility index (Phi) is 7.17. The molecule has 0 radical (unpaired) electrons. The third kappa shape index (κ3) is 5.69. The summed E-state index contributed by atoms with van der Waals surface area (Å²) in [6, 6.07) is 11.1. The maximum Gasteiger partial charge on any atom is 0.411 e. The van der Waals surface area contributed by atoms with Crippen LogP contribution in [-0.2, 0) is 20.9 Å². The van der Waals surface area contributed by atoms with E-state index in [4.69, 9.17) is 13.9 Å². The Balaban J connectivity index is 1.64. The molecule has 0 unspecified atom stereocenters. The monoisotopic (exact) mass is 442 g/mol. The van der Waals surface area contributed by atoms with Gasteiger partial charge in [0.15, 0.2) is 0 Å². The summed E-state index contributed by atoms with van der Waals surface area (Å²) in [6.45, 7) is 1.12. The Hall–Kier alpha value is -4.21. The Morgan fingerprint density at radius 2 is 1.84 bits per heavy atom. The number of ether oxygens (including phenoxy) is 2. The second-order valence-electron chi connectivity index (χ2n) is 6.47. The number of carbonyl (C=O) groups excluding carboxylic acids is 3. The number of amides is 2. The van der Waals surface area contributed by atoms with Gasteiger partial charge in [0, 0.05) is 28.8 Å². The first kappa shape index (κ1) is 22.5. The van der Waals surface area contributed by atoms with Gasteiger partial charge in [-0.25, -0.2) is 14.0 Å². The molecule has 166 valence electrons. The Morgan fingerprint density at radius 3 is 2.59 bits per heavy atom. The molecule has 0 fully saturated rings. The van der Waals surface area contributed by atoms with E-state index in [-0.39, 0.29) is 24.4 Å². The number of halogens is 1. The molecule has 0 saturated heterocycles. The number of fused-ring (bicyclic) bond motifs is 1. The van der Waals surface area contributed by atoms with Crippen LogP contribution in [0.15, 0.2) is 57.7 Å². The van der Waals surface area contributed by atoms with Gasteiger partial charge in [-0.1, -0.05) is 12.1 Å². The van der Waals surface area contributed by atoms with Crippen molar-refractivity contribution < 1.29 is 32.7 Å². The number of rotatable bonds is 7. The van der Waals surface area contributed by atoms with Crippen molar-refractivity contribution in [3.8, 4) is 0 Å². The molecule has 1 heterocycles. The molecule has 0 aliphatic carbocycles. The van der Waals surface area contributed by atoms with Crippen molar-refractivity contribution in [2.45, 2.75) is 13.5 Å². The highest BCUT2D eigenvalue weighted by molar-refractivity contribution is 5.96. The summed E-state index contributed by atoms with van der Waals surface area (Å²) in [7, 11) is 0. The van der Waals surface area contributed by atoms with Crippen LogP contribution in [0.3, 0.4) is 0 Å². The van der Waals surface area contributed by atoms with Crippen LogP contribution in [0.2, 0.25) is 0 Å². The molecule has 0 spiro atoms. The molecule has 0 aliphatic rings. The zero-order chi connectivity index (χ0) is 23.1. The molecular weight excluding hydrogens is 423 g/mol. The lowest BCUT2D eigenvalue weighted by Gasteiger charge is -2.10. The zero-order valence-corrected chi connectivity index (χ0v) is 17.0. The van der Waals surface area contributed by atoms with Crippen LogP contribution in [0.1, 0.15) is 22.8 Å². The van der Waals surface area contributed by atoms with Crippen molar-refractivity contribution in [1.82, 2.24) is 5.32 Å². The third-order valence-corrected chi connectivity index (χ3v) is 4.25. The maximum atomic E-state index is 13.6. The molecule has 3 rings (SSSR count). The standard InChI is InChI=1S/C22H19FN2O7/c1-2-30-22(29)25-14-7-8-15-13(9-19(26)32-18(15)10-14)12-31-20(27)11-24-21(28)16-5-3-4-6-17(16)23/h3-10H,2,11-12H2,1H3,(H,24,28)(H,25,29). The second kappa shape index (κ2) is 10.2. The molecule has 3 aromatic rings. The number of benzene rings is 2. The summed E-state index contributed by atoms with van der Waals surface area (Å²) in [6.07, 6.45) is -0.656. The molecule has 0 saturated carbocycles. The van der Waals surface area contributed by atoms with E-state index >= 15 is 0 Å². The largest absolute Gasteiger partial charge is 0.459 e. The van der Waals surface area contributed by atoms with Crippen LogP contribution in [0.5, 0.6) is 0 Å². The van der Waals surface area contributed by atoms with Gasteiger partial charge in [0.05, 0.1) is 12.2 Å². The Labute approximate surface area is 181 Å². The number of esters is 1. The van der Waals surface area contributed by atoms with Crippen LogP contribution in [0.25, 0.3) is 11.0 Å². The first-order valence-electron chi connectivity index (χ1n) is 9.56. The van der Waals surface area contributed by atoms with Gasteiger partial charge in [-0.05, 0) is 31.2 Å². The summed E-state index contributed by atoms with van der Waals surface area (Å²) >= 11 is 0. The minimum atomic E-state index is -0.781. The second-order valence-corrected chi connectivity index (χ2v) is 6.47. The summed E-state index contributed by atoms with van der Waals surface area (Å²) < 4.78 is 28.7. The van der Waals surface area contributed by atoms with E-state index in [1.165, 1.54) is 30.3 Å². The number of hydrogen-bond donors (Lipinski definition) is 2. The fourth-order valence-corrected chi connectivity index (χ4v) is 2.81. The van der Waals surface area contributed by atoms with Gasteiger partial charge in [-0.15, -0.1) is 0 Å². The highest BCUT2D eigenvalue weighted by Gasteiger charge is 2.14. The average Bonchev–Trinajstić information content (AvgIpc) is 2.76. The molecule has 2 aromatic carbocycles. The third-order valence-electron chi connectivity index (χ3n) is 4.25. The van der Waals surface area contributed by atoms with Crippen LogP contribution in [0, 0.1) is 5.82 Å². The van der Waals surface area contributed by atoms with E-state index < -0.39 is 36.0 Å². The SMILES string of the molecule is CCOC(=O)Nc1ccc2c(COC(=O)CNC(=O)c3ccccc3F)cc(=O)oc2c1. The number of carbonyl (C=O) groups is 3. The van der Waals surface area contributed by atoms with Crippen molar-refractivity contribution in [3.05, 3.63) is 75.9 Å². The molecular formula is C22H19FN2O7. The molecule has 2 N–H and O–H groups in total. The lowest BCUT2D eigenvalue weighted by atomic mass is 10.1. The van der Waals surface area contributed by atoms with Crippen LogP contribution in [-0.4, -0.2) is 31.1 Å². The molecule has 32 heavy (non-hydrogen) atoms. The highest BCUT2D eigenvalue weighted by atomic mass is 19.1. The van der Waals surface area contributed by atoms with Gasteiger partial charge < -0.3 is 19.2 Å². The van der Waals surface area contributed by atoms with Gasteiger partial charge in [0.2, 0.25) is 0 Å². The molecule has 10 heteroatoms. The first-order valence-corrected chi connectivity index (χ1v) is 9.56. The number of nitrogens with one attached hydrogen (secondary N) is 2. The van der Waals surface area contributed by atoms with Crippen molar-refractivity contribution in [1.29, 1.82) is 0 Å². The maximum absolute atomic E-state index is 13.6. The van der Waals surface area contributed by atoms with E-state index in [9.17, 15) is 23.6 Å². The predicted molar refractivity (Wildman–Crippen MR) is 112 cm³/mol. The number of anilines is 1. The van der Waals surface area contributed by atoms with Crippen LogP contribution >= 0.6 is 0 Å². The molecule has 2 amide bonds. The van der Waals surface area contributed by atoms with Crippen molar-refractivity contribution in [2.24, 2.45) is 0 Å². The number of hydrogen-bond acceptors (Lipinski definition) is 7. The summed E-state index contributed by atoms with van der Waals surface area (Å²) in [4.78, 5) is 47.4. The minimum Gasteiger partial charge on any atom is -0.459 e. The van der Waals surface area contributed by atoms with Gasteiger partial charge in [0.25, 0.3) is 5.91 Å². The normalized spacial score (nSPS) is 10.4. The first-order chi connectivity index (χ1) is 15.4. The zero-order valence-electron chi connectivity index (χ0n) is 17.0. The molecule has 9 nitrogen and oxygen atoms in total. The van der Waals surface area contributed by atoms with Crippen LogP contribution in [0.4, 0.5) is 14.9 Å². The van der Waals surface area contributed by atoms with Crippen molar-refractivity contribution >= 4 is 34.6 Å². The summed E-state index contributed by atoms with van der Waals surface area (Å²) in [5, 5.41) is 5.26. The average molecular weight is 442 g/mol. The van der Waals surface area contributed by atoms with Gasteiger partial charge >= 0.3 is 17.7 Å². The topological polar surface area (TPSA) is 124 Å². The summed E-state index contributed by atoms with van der Waals surface area (Å²) in [5.74, 6) is -2.25. The lowest BCUT2D eigenvalue weighted by molar-refractivity contribution is -0.143.